The zero-order valence-electron chi connectivity index (χ0n) is 4.88. The molecule has 0 radical (unpaired) electrons. The normalized spacial score (nSPS) is 45.8. The van der Waals surface area contributed by atoms with E-state index in [0.717, 1.165) is 6.92 Å². The molecule has 1 fully saturated rings. The summed E-state index contributed by atoms with van der Waals surface area (Å²) in [5.74, 6) is 0. The van der Waals surface area contributed by atoms with Gasteiger partial charge < -0.3 is 0 Å². The van der Waals surface area contributed by atoms with Crippen molar-refractivity contribution in [2.24, 2.45) is 0 Å². The molecule has 1 rings (SSSR count). The molecule has 7 heteroatoms. The van der Waals surface area contributed by atoms with Crippen molar-refractivity contribution in [2.45, 2.75) is 19.1 Å². The zero-order valence-corrected chi connectivity index (χ0v) is 5.78. The molecular formula is C3H4F3O3P. The molecule has 60 valence electrons. The van der Waals surface area contributed by atoms with Crippen LogP contribution in [0.2, 0.25) is 0 Å². The highest BCUT2D eigenvalue weighted by Crippen LogP contribution is 2.62. The summed E-state index contributed by atoms with van der Waals surface area (Å²) in [6.07, 6.45) is -5.56. The first kappa shape index (κ1) is 8.04. The lowest BCUT2D eigenvalue weighted by Crippen LogP contribution is -2.26. The molecule has 3 nitrogen and oxygen atoms in total. The standard InChI is InChI=1S/C3H4F3O3P/c1-2-3(4,5)9-10(6,7)8-2/h2H,1H3. The van der Waals surface area contributed by atoms with Crippen molar-refractivity contribution in [2.75, 3.05) is 0 Å². The number of hydrogen-bond acceptors (Lipinski definition) is 3. The first-order valence-corrected chi connectivity index (χ1v) is 3.83. The van der Waals surface area contributed by atoms with Gasteiger partial charge in [0, 0.05) is 0 Å². The smallest absolute Gasteiger partial charge is 0.271 e. The predicted molar refractivity (Wildman–Crippen MR) is 25.3 cm³/mol. The second-order valence-corrected chi connectivity index (χ2v) is 3.09. The van der Waals surface area contributed by atoms with Crippen LogP contribution in [0, 0.1) is 0 Å². The molecule has 0 amide bonds. The molecule has 2 atom stereocenters. The van der Waals surface area contributed by atoms with E-state index in [9.17, 15) is 17.5 Å². The summed E-state index contributed by atoms with van der Waals surface area (Å²) in [5, 5.41) is 0. The third-order valence-corrected chi connectivity index (χ3v) is 2.02. The van der Waals surface area contributed by atoms with E-state index in [0.29, 0.717) is 0 Å². The molecule has 0 spiro atoms. The zero-order chi connectivity index (χ0) is 7.99. The lowest BCUT2D eigenvalue weighted by molar-refractivity contribution is -0.189. The van der Waals surface area contributed by atoms with Gasteiger partial charge in [-0.3, -0.25) is 4.52 Å². The Morgan fingerprint density at radius 3 is 2.20 bits per heavy atom. The van der Waals surface area contributed by atoms with E-state index in [1.165, 1.54) is 0 Å². The minimum atomic E-state index is -4.97. The van der Waals surface area contributed by atoms with Crippen LogP contribution in [0.4, 0.5) is 13.0 Å². The van der Waals surface area contributed by atoms with Gasteiger partial charge in [-0.1, -0.05) is 0 Å². The van der Waals surface area contributed by atoms with Crippen LogP contribution in [0.15, 0.2) is 0 Å². The lowest BCUT2D eigenvalue weighted by atomic mass is 10.4. The van der Waals surface area contributed by atoms with Gasteiger partial charge in [0.2, 0.25) is 0 Å². The summed E-state index contributed by atoms with van der Waals surface area (Å²) >= 11 is 0. The third kappa shape index (κ3) is 1.33. The van der Waals surface area contributed by atoms with Crippen LogP contribution < -0.4 is 0 Å². The molecule has 0 aromatic rings. The highest BCUT2D eigenvalue weighted by molar-refractivity contribution is 7.48. The first-order valence-electron chi connectivity index (χ1n) is 2.40. The van der Waals surface area contributed by atoms with E-state index >= 15 is 0 Å². The summed E-state index contributed by atoms with van der Waals surface area (Å²) in [4.78, 5) is 0. The molecule has 1 aliphatic rings. The van der Waals surface area contributed by atoms with Crippen molar-refractivity contribution in [3.63, 3.8) is 0 Å². The van der Waals surface area contributed by atoms with Gasteiger partial charge in [-0.15, -0.1) is 4.20 Å². The molecule has 1 heterocycles. The van der Waals surface area contributed by atoms with Crippen molar-refractivity contribution in [3.8, 4) is 0 Å². The van der Waals surface area contributed by atoms with E-state index in [-0.39, 0.29) is 0 Å². The number of hydrogen-bond donors (Lipinski definition) is 0. The monoisotopic (exact) mass is 176 g/mol. The average molecular weight is 176 g/mol. The minimum Gasteiger partial charge on any atom is -0.271 e. The molecule has 0 N–H and O–H groups in total. The molecule has 0 aromatic carbocycles. The molecule has 1 aliphatic heterocycles. The van der Waals surface area contributed by atoms with Crippen LogP contribution in [0.5, 0.6) is 0 Å². The Balaban J connectivity index is 2.81. The molecule has 0 bridgehead atoms. The van der Waals surface area contributed by atoms with Gasteiger partial charge in [-0.25, -0.2) is 9.09 Å². The van der Waals surface area contributed by atoms with Crippen molar-refractivity contribution >= 4 is 7.91 Å². The van der Waals surface area contributed by atoms with Gasteiger partial charge in [-0.2, -0.15) is 8.78 Å². The topological polar surface area (TPSA) is 35.5 Å². The van der Waals surface area contributed by atoms with Gasteiger partial charge in [0.25, 0.3) is 0 Å². The second-order valence-electron chi connectivity index (χ2n) is 1.83. The quantitative estimate of drug-likeness (QED) is 0.530. The Hall–Kier alpha value is -0.0600. The molecular weight excluding hydrogens is 172 g/mol. The second kappa shape index (κ2) is 1.96. The van der Waals surface area contributed by atoms with Crippen LogP contribution in [0.1, 0.15) is 6.92 Å². The predicted octanol–water partition coefficient (Wildman–Crippen LogP) is 2.09. The maximum Gasteiger partial charge on any atom is 0.518 e. The fourth-order valence-corrected chi connectivity index (χ4v) is 1.47. The fourth-order valence-electron chi connectivity index (χ4n) is 0.491. The van der Waals surface area contributed by atoms with Crippen LogP contribution in [-0.4, -0.2) is 12.2 Å². The lowest BCUT2D eigenvalue weighted by Gasteiger charge is -2.06. The first-order chi connectivity index (χ1) is 4.33. The van der Waals surface area contributed by atoms with Gasteiger partial charge in [0.1, 0.15) is 0 Å². The SMILES string of the molecule is CC1OP(=O)(F)OC1(F)F. The van der Waals surface area contributed by atoms with Crippen molar-refractivity contribution < 1.29 is 26.6 Å². The molecule has 1 saturated heterocycles. The molecule has 0 aromatic heterocycles. The van der Waals surface area contributed by atoms with Crippen LogP contribution in [-0.2, 0) is 13.6 Å². The highest BCUT2D eigenvalue weighted by atomic mass is 31.2. The minimum absolute atomic E-state index is 0.874. The van der Waals surface area contributed by atoms with Gasteiger partial charge in [0.15, 0.2) is 6.10 Å². The van der Waals surface area contributed by atoms with Crippen molar-refractivity contribution in [1.29, 1.82) is 0 Å². The van der Waals surface area contributed by atoms with Crippen molar-refractivity contribution in [3.05, 3.63) is 0 Å². The van der Waals surface area contributed by atoms with Crippen LogP contribution in [0.3, 0.4) is 0 Å². The summed E-state index contributed by atoms with van der Waals surface area (Å²) in [7, 11) is -4.97. The Bertz CT molecular complexity index is 193. The molecule has 10 heavy (non-hydrogen) atoms. The largest absolute Gasteiger partial charge is 0.518 e. The van der Waals surface area contributed by atoms with Gasteiger partial charge >= 0.3 is 14.0 Å². The number of alkyl halides is 2. The van der Waals surface area contributed by atoms with E-state index in [1.54, 1.807) is 0 Å². The Morgan fingerprint density at radius 1 is 1.60 bits per heavy atom. The maximum absolute atomic E-state index is 12.1. The number of halogens is 3. The molecule has 0 saturated carbocycles. The Labute approximate surface area is 54.8 Å². The van der Waals surface area contributed by atoms with Crippen LogP contribution >= 0.6 is 7.91 Å². The average Bonchev–Trinajstić information content (AvgIpc) is 1.73. The highest BCUT2D eigenvalue weighted by Gasteiger charge is 2.56. The Morgan fingerprint density at radius 2 is 2.10 bits per heavy atom. The fraction of sp³-hybridized carbons (Fsp3) is 1.00. The summed E-state index contributed by atoms with van der Waals surface area (Å²) in [6.45, 7) is 0.874. The van der Waals surface area contributed by atoms with Gasteiger partial charge in [0.05, 0.1) is 0 Å². The summed E-state index contributed by atoms with van der Waals surface area (Å²) in [5.41, 5.74) is 0. The third-order valence-electron chi connectivity index (χ3n) is 0.988. The van der Waals surface area contributed by atoms with Gasteiger partial charge in [-0.05, 0) is 6.92 Å². The maximum atomic E-state index is 12.1. The summed E-state index contributed by atoms with van der Waals surface area (Å²) in [6, 6.07) is 0. The van der Waals surface area contributed by atoms with E-state index in [1.807, 2.05) is 0 Å². The number of rotatable bonds is 0. The summed E-state index contributed by atoms with van der Waals surface area (Å²) < 4.78 is 53.0. The molecule has 0 aliphatic carbocycles. The van der Waals surface area contributed by atoms with E-state index < -0.39 is 20.1 Å². The van der Waals surface area contributed by atoms with E-state index in [2.05, 4.69) is 9.05 Å². The van der Waals surface area contributed by atoms with E-state index in [4.69, 9.17) is 0 Å². The van der Waals surface area contributed by atoms with Crippen molar-refractivity contribution in [1.82, 2.24) is 0 Å². The molecule has 2 unspecified atom stereocenters. The van der Waals surface area contributed by atoms with Crippen LogP contribution in [0.25, 0.3) is 0 Å². The Kier molecular flexibility index (Phi) is 1.58.